The van der Waals surface area contributed by atoms with Gasteiger partial charge in [-0.1, -0.05) is 28.1 Å². The summed E-state index contributed by atoms with van der Waals surface area (Å²) < 4.78 is 5.57. The molecule has 0 aliphatic heterocycles. The number of hydrogen-bond acceptors (Lipinski definition) is 2. The van der Waals surface area contributed by atoms with Crippen molar-refractivity contribution in [1.82, 2.24) is 4.90 Å². The Morgan fingerprint density at radius 3 is 2.83 bits per heavy atom. The molecule has 1 aromatic rings. The number of nitrogens with zero attached hydrogens (tertiary/aromatic N) is 1. The maximum absolute atomic E-state index is 11.8. The van der Waals surface area contributed by atoms with Gasteiger partial charge in [0.2, 0.25) is 5.91 Å². The summed E-state index contributed by atoms with van der Waals surface area (Å²) in [6.07, 6.45) is 0.425. The molecule has 18 heavy (non-hydrogen) atoms. The van der Waals surface area contributed by atoms with Crippen molar-refractivity contribution in [3.8, 4) is 5.75 Å². The number of benzene rings is 1. The second-order valence-electron chi connectivity index (χ2n) is 4.08. The van der Waals surface area contributed by atoms with Crippen LogP contribution in [0, 0.1) is 6.92 Å². The van der Waals surface area contributed by atoms with Gasteiger partial charge in [0.25, 0.3) is 0 Å². The summed E-state index contributed by atoms with van der Waals surface area (Å²) in [4.78, 5) is 13.7. The molecule has 100 valence electrons. The lowest BCUT2D eigenvalue weighted by molar-refractivity contribution is -0.131. The van der Waals surface area contributed by atoms with E-state index in [2.05, 4.69) is 15.9 Å². The van der Waals surface area contributed by atoms with Gasteiger partial charge in [0.15, 0.2) is 0 Å². The molecule has 0 spiro atoms. The number of ether oxygens (including phenoxy) is 1. The molecule has 0 radical (unpaired) electrons. The van der Waals surface area contributed by atoms with Crippen LogP contribution in [-0.2, 0) is 4.79 Å². The highest BCUT2D eigenvalue weighted by Crippen LogP contribution is 2.12. The highest BCUT2D eigenvalue weighted by Gasteiger charge is 2.10. The fourth-order valence-electron chi connectivity index (χ4n) is 1.68. The second-order valence-corrected chi connectivity index (χ2v) is 4.87. The predicted molar refractivity (Wildman–Crippen MR) is 77.3 cm³/mol. The van der Waals surface area contributed by atoms with Crippen LogP contribution in [0.5, 0.6) is 5.75 Å². The van der Waals surface area contributed by atoms with Crippen LogP contribution in [0.1, 0.15) is 18.9 Å². The van der Waals surface area contributed by atoms with Crippen LogP contribution < -0.4 is 4.74 Å². The molecule has 0 aromatic heterocycles. The van der Waals surface area contributed by atoms with Gasteiger partial charge in [0, 0.05) is 18.4 Å². The van der Waals surface area contributed by atoms with Gasteiger partial charge in [0.1, 0.15) is 5.75 Å². The zero-order chi connectivity index (χ0) is 13.4. The first kappa shape index (κ1) is 15.0. The third-order valence-corrected chi connectivity index (χ3v) is 3.02. The van der Waals surface area contributed by atoms with E-state index in [0.29, 0.717) is 13.0 Å². The summed E-state index contributed by atoms with van der Waals surface area (Å²) in [5.74, 6) is 0.968. The molecule has 1 amide bonds. The smallest absolute Gasteiger partial charge is 0.226 e. The number of carbonyl (C=O) groups excluding carboxylic acids is 1. The first-order valence-electron chi connectivity index (χ1n) is 6.20. The minimum atomic E-state index is 0.143. The van der Waals surface area contributed by atoms with E-state index in [0.717, 1.165) is 29.7 Å². The van der Waals surface area contributed by atoms with E-state index in [1.54, 1.807) is 0 Å². The molecule has 1 aromatic carbocycles. The number of halogens is 1. The lowest BCUT2D eigenvalue weighted by Crippen LogP contribution is -2.33. The van der Waals surface area contributed by atoms with Gasteiger partial charge < -0.3 is 9.64 Å². The molecular weight excluding hydrogens is 294 g/mol. The molecule has 0 aliphatic carbocycles. The van der Waals surface area contributed by atoms with Crippen LogP contribution in [0.4, 0.5) is 0 Å². The van der Waals surface area contributed by atoms with E-state index >= 15 is 0 Å². The summed E-state index contributed by atoms with van der Waals surface area (Å²) in [7, 11) is 0. The predicted octanol–water partition coefficient (Wildman–Crippen LogP) is 3.01. The molecule has 0 fully saturated rings. The topological polar surface area (TPSA) is 29.5 Å². The van der Waals surface area contributed by atoms with Crippen LogP contribution >= 0.6 is 15.9 Å². The first-order valence-corrected chi connectivity index (χ1v) is 7.32. The summed E-state index contributed by atoms with van der Waals surface area (Å²) in [5.41, 5.74) is 1.16. The van der Waals surface area contributed by atoms with Crippen molar-refractivity contribution in [1.29, 1.82) is 0 Å². The Bertz CT molecular complexity index is 382. The fraction of sp³-hybridized carbons (Fsp3) is 0.500. The molecule has 0 bridgehead atoms. The Kier molecular flexibility index (Phi) is 6.80. The molecule has 0 heterocycles. The Morgan fingerprint density at radius 2 is 2.22 bits per heavy atom. The molecule has 3 nitrogen and oxygen atoms in total. The van der Waals surface area contributed by atoms with Crippen molar-refractivity contribution < 1.29 is 9.53 Å². The van der Waals surface area contributed by atoms with E-state index < -0.39 is 0 Å². The third-order valence-electron chi connectivity index (χ3n) is 2.66. The van der Waals surface area contributed by atoms with Gasteiger partial charge in [-0.15, -0.1) is 0 Å². The standard InChI is InChI=1S/C14H20BrNO2/c1-3-16(9-8-15)14(17)7-10-18-13-6-4-5-12(2)11-13/h4-6,11H,3,7-10H2,1-2H3. The summed E-state index contributed by atoms with van der Waals surface area (Å²) in [5, 5.41) is 0.811. The number of carbonyl (C=O) groups is 1. The number of rotatable bonds is 7. The highest BCUT2D eigenvalue weighted by molar-refractivity contribution is 9.09. The van der Waals surface area contributed by atoms with Gasteiger partial charge >= 0.3 is 0 Å². The monoisotopic (exact) mass is 313 g/mol. The Labute approximate surface area is 117 Å². The van der Waals surface area contributed by atoms with Crippen molar-refractivity contribution in [2.24, 2.45) is 0 Å². The summed E-state index contributed by atoms with van der Waals surface area (Å²) in [6.45, 7) is 5.94. The molecule has 4 heteroatoms. The molecule has 1 rings (SSSR count). The number of alkyl halides is 1. The lowest BCUT2D eigenvalue weighted by atomic mass is 10.2. The molecule has 0 atom stereocenters. The van der Waals surface area contributed by atoms with Crippen molar-refractivity contribution in [3.63, 3.8) is 0 Å². The minimum Gasteiger partial charge on any atom is -0.493 e. The number of hydrogen-bond donors (Lipinski definition) is 0. The minimum absolute atomic E-state index is 0.143. The van der Waals surface area contributed by atoms with E-state index in [4.69, 9.17) is 4.74 Å². The quantitative estimate of drug-likeness (QED) is 0.724. The van der Waals surface area contributed by atoms with Crippen molar-refractivity contribution in [2.75, 3.05) is 25.0 Å². The van der Waals surface area contributed by atoms with Crippen LogP contribution in [0.15, 0.2) is 24.3 Å². The van der Waals surface area contributed by atoms with E-state index in [-0.39, 0.29) is 5.91 Å². The fourth-order valence-corrected chi connectivity index (χ4v) is 2.11. The van der Waals surface area contributed by atoms with E-state index in [9.17, 15) is 4.79 Å². The van der Waals surface area contributed by atoms with Crippen LogP contribution in [0.3, 0.4) is 0 Å². The molecule has 0 aliphatic rings. The molecule has 0 unspecified atom stereocenters. The molecule has 0 saturated carbocycles. The van der Waals surface area contributed by atoms with E-state index in [1.807, 2.05) is 43.0 Å². The number of aryl methyl sites for hydroxylation is 1. The maximum atomic E-state index is 11.8. The average Bonchev–Trinajstić information content (AvgIpc) is 2.36. The highest BCUT2D eigenvalue weighted by atomic mass is 79.9. The molecule has 0 saturated heterocycles. The number of amides is 1. The van der Waals surface area contributed by atoms with Crippen LogP contribution in [0.2, 0.25) is 0 Å². The zero-order valence-corrected chi connectivity index (χ0v) is 12.6. The lowest BCUT2D eigenvalue weighted by Gasteiger charge is -2.19. The van der Waals surface area contributed by atoms with Crippen molar-refractivity contribution in [2.45, 2.75) is 20.3 Å². The largest absolute Gasteiger partial charge is 0.493 e. The van der Waals surface area contributed by atoms with Crippen molar-refractivity contribution >= 4 is 21.8 Å². The van der Waals surface area contributed by atoms with Crippen LogP contribution in [-0.4, -0.2) is 35.8 Å². The third kappa shape index (κ3) is 5.08. The zero-order valence-electron chi connectivity index (χ0n) is 11.0. The van der Waals surface area contributed by atoms with Gasteiger partial charge in [-0.2, -0.15) is 0 Å². The van der Waals surface area contributed by atoms with Gasteiger partial charge in [-0.05, 0) is 31.5 Å². The summed E-state index contributed by atoms with van der Waals surface area (Å²) in [6, 6.07) is 7.86. The first-order chi connectivity index (χ1) is 8.67. The van der Waals surface area contributed by atoms with Crippen LogP contribution in [0.25, 0.3) is 0 Å². The summed E-state index contributed by atoms with van der Waals surface area (Å²) >= 11 is 3.35. The molecule has 0 N–H and O–H groups in total. The Balaban J connectivity index is 2.35. The van der Waals surface area contributed by atoms with Gasteiger partial charge in [-0.25, -0.2) is 0 Å². The van der Waals surface area contributed by atoms with Gasteiger partial charge in [-0.3, -0.25) is 4.79 Å². The Hall–Kier alpha value is -1.03. The van der Waals surface area contributed by atoms with Crippen molar-refractivity contribution in [3.05, 3.63) is 29.8 Å². The average molecular weight is 314 g/mol. The SMILES string of the molecule is CCN(CCBr)C(=O)CCOc1cccc(C)c1. The Morgan fingerprint density at radius 1 is 1.44 bits per heavy atom. The normalized spacial score (nSPS) is 10.2. The maximum Gasteiger partial charge on any atom is 0.226 e. The van der Waals surface area contributed by atoms with E-state index in [1.165, 1.54) is 0 Å². The molecular formula is C14H20BrNO2. The van der Waals surface area contributed by atoms with Gasteiger partial charge in [0.05, 0.1) is 13.0 Å². The second kappa shape index (κ2) is 8.14.